The molecule has 2 N–H and O–H groups in total. The lowest BCUT2D eigenvalue weighted by molar-refractivity contribution is -0.192. The van der Waals surface area contributed by atoms with Gasteiger partial charge in [0.1, 0.15) is 11.9 Å². The van der Waals surface area contributed by atoms with E-state index in [1.165, 1.54) is 5.56 Å². The minimum Gasteiger partial charge on any atom is -0.475 e. The molecule has 0 unspecified atom stereocenters. The van der Waals surface area contributed by atoms with Crippen molar-refractivity contribution in [1.29, 1.82) is 0 Å². The summed E-state index contributed by atoms with van der Waals surface area (Å²) < 4.78 is 43.3. The molecular weight excluding hydrogens is 401 g/mol. The van der Waals surface area contributed by atoms with Crippen LogP contribution >= 0.6 is 11.6 Å². The molecule has 1 aromatic heterocycles. The first kappa shape index (κ1) is 22.2. The van der Waals surface area contributed by atoms with Crippen LogP contribution in [0.1, 0.15) is 29.0 Å². The third kappa shape index (κ3) is 6.50. The second kappa shape index (κ2) is 9.40. The zero-order valence-electron chi connectivity index (χ0n) is 15.2. The number of carbonyl (C=O) groups is 1. The first-order chi connectivity index (χ1) is 13.1. The molecule has 0 saturated carbocycles. The molecule has 28 heavy (non-hydrogen) atoms. The maximum atomic E-state index is 10.6. The van der Waals surface area contributed by atoms with Crippen LogP contribution in [-0.2, 0) is 16.0 Å². The van der Waals surface area contributed by atoms with Crippen molar-refractivity contribution in [3.05, 3.63) is 52.2 Å². The number of hydrogen-bond acceptors (Lipinski definition) is 5. The number of ether oxygens (including phenoxy) is 1. The standard InChI is InChI=1S/C16H19ClN2O2.C2HF3O2/c1-10-11(2)21-16(19-10)15-8-18-14(9-20-15)7-12-3-5-13(17)6-4-12;3-2(4,5)1(6)7/h3-6,14-15,18H,7-9H2,1-2H3;(H,6,7)/t14-,15+;/m0./s1. The lowest BCUT2D eigenvalue weighted by atomic mass is 10.1. The van der Waals surface area contributed by atoms with E-state index in [0.717, 1.165) is 29.4 Å². The lowest BCUT2D eigenvalue weighted by Crippen LogP contribution is -2.44. The molecule has 154 valence electrons. The first-order valence-corrected chi connectivity index (χ1v) is 8.77. The molecule has 0 radical (unpaired) electrons. The number of alkyl halides is 3. The van der Waals surface area contributed by atoms with Gasteiger partial charge in [-0.2, -0.15) is 13.2 Å². The Bertz CT molecular complexity index is 766. The normalized spacial score (nSPS) is 19.6. The van der Waals surface area contributed by atoms with E-state index in [0.29, 0.717) is 18.5 Å². The number of benzene rings is 1. The number of aliphatic carboxylic acids is 1. The largest absolute Gasteiger partial charge is 0.490 e. The van der Waals surface area contributed by atoms with E-state index < -0.39 is 12.1 Å². The summed E-state index contributed by atoms with van der Waals surface area (Å²) in [6.45, 7) is 5.23. The number of nitrogens with one attached hydrogen (secondary N) is 1. The predicted molar refractivity (Wildman–Crippen MR) is 95.3 cm³/mol. The highest BCUT2D eigenvalue weighted by Gasteiger charge is 2.38. The summed E-state index contributed by atoms with van der Waals surface area (Å²) in [6.07, 6.45) is -4.26. The van der Waals surface area contributed by atoms with Gasteiger partial charge in [-0.05, 0) is 38.0 Å². The fourth-order valence-corrected chi connectivity index (χ4v) is 2.58. The van der Waals surface area contributed by atoms with Crippen molar-refractivity contribution in [1.82, 2.24) is 10.3 Å². The molecule has 1 saturated heterocycles. The highest BCUT2D eigenvalue weighted by Crippen LogP contribution is 2.22. The number of hydrogen-bond donors (Lipinski definition) is 2. The van der Waals surface area contributed by atoms with Crippen LogP contribution in [0.2, 0.25) is 5.02 Å². The monoisotopic (exact) mass is 420 g/mol. The Hall–Kier alpha value is -2.10. The van der Waals surface area contributed by atoms with Gasteiger partial charge in [-0.15, -0.1) is 0 Å². The van der Waals surface area contributed by atoms with Gasteiger partial charge in [0.05, 0.1) is 12.3 Å². The zero-order chi connectivity index (χ0) is 20.9. The Kier molecular flexibility index (Phi) is 7.45. The maximum Gasteiger partial charge on any atom is 0.490 e. The maximum absolute atomic E-state index is 10.6. The number of carboxylic acid groups (broad SMARTS) is 1. The number of morpholine rings is 1. The minimum atomic E-state index is -5.08. The third-order valence-electron chi connectivity index (χ3n) is 4.05. The van der Waals surface area contributed by atoms with E-state index in [1.54, 1.807) is 0 Å². The van der Waals surface area contributed by atoms with Gasteiger partial charge in [0, 0.05) is 17.6 Å². The van der Waals surface area contributed by atoms with Gasteiger partial charge >= 0.3 is 12.1 Å². The van der Waals surface area contributed by atoms with Gasteiger partial charge in [-0.1, -0.05) is 23.7 Å². The van der Waals surface area contributed by atoms with E-state index in [1.807, 2.05) is 26.0 Å². The molecule has 0 aliphatic carbocycles. The van der Waals surface area contributed by atoms with Crippen LogP contribution in [0.15, 0.2) is 28.7 Å². The van der Waals surface area contributed by atoms with Crippen molar-refractivity contribution in [2.45, 2.75) is 38.6 Å². The molecule has 2 heterocycles. The molecule has 10 heteroatoms. The average Bonchev–Trinajstić information content (AvgIpc) is 2.96. The van der Waals surface area contributed by atoms with E-state index in [9.17, 15) is 13.2 Å². The molecule has 6 nitrogen and oxygen atoms in total. The number of halogens is 4. The highest BCUT2D eigenvalue weighted by molar-refractivity contribution is 6.30. The summed E-state index contributed by atoms with van der Waals surface area (Å²) >= 11 is 5.90. The topological polar surface area (TPSA) is 84.6 Å². The van der Waals surface area contributed by atoms with Crippen LogP contribution in [0, 0.1) is 13.8 Å². The minimum absolute atomic E-state index is 0.0983. The molecule has 0 amide bonds. The summed E-state index contributed by atoms with van der Waals surface area (Å²) in [6, 6.07) is 8.25. The summed E-state index contributed by atoms with van der Waals surface area (Å²) in [5, 5.41) is 11.4. The fourth-order valence-electron chi connectivity index (χ4n) is 2.45. The zero-order valence-corrected chi connectivity index (χ0v) is 16.0. The van der Waals surface area contributed by atoms with Crippen molar-refractivity contribution < 1.29 is 32.2 Å². The van der Waals surface area contributed by atoms with Gasteiger partial charge in [0.15, 0.2) is 0 Å². The predicted octanol–water partition coefficient (Wildman–Crippen LogP) is 3.85. The van der Waals surface area contributed by atoms with Crippen molar-refractivity contribution in [2.24, 2.45) is 0 Å². The van der Waals surface area contributed by atoms with E-state index in [4.69, 9.17) is 30.7 Å². The van der Waals surface area contributed by atoms with Gasteiger partial charge in [0.25, 0.3) is 0 Å². The fraction of sp³-hybridized carbons (Fsp3) is 0.444. The number of carboxylic acids is 1. The second-order valence-corrected chi connectivity index (χ2v) is 6.69. The molecule has 0 spiro atoms. The molecule has 1 aliphatic heterocycles. The molecule has 2 aromatic rings. The third-order valence-corrected chi connectivity index (χ3v) is 4.30. The number of aryl methyl sites for hydroxylation is 2. The molecule has 1 aromatic carbocycles. The summed E-state index contributed by atoms with van der Waals surface area (Å²) in [5.41, 5.74) is 2.18. The Labute approximate surface area is 164 Å². The first-order valence-electron chi connectivity index (χ1n) is 8.39. The summed E-state index contributed by atoms with van der Waals surface area (Å²) in [7, 11) is 0. The smallest absolute Gasteiger partial charge is 0.475 e. The Morgan fingerprint density at radius 3 is 2.36 bits per heavy atom. The molecule has 2 atom stereocenters. The number of aromatic nitrogens is 1. The van der Waals surface area contributed by atoms with Crippen molar-refractivity contribution in [2.75, 3.05) is 13.2 Å². The number of rotatable bonds is 3. The lowest BCUT2D eigenvalue weighted by Gasteiger charge is -2.28. The number of nitrogens with zero attached hydrogens (tertiary/aromatic N) is 1. The van der Waals surface area contributed by atoms with Gasteiger partial charge < -0.3 is 19.6 Å². The Balaban J connectivity index is 0.000000345. The second-order valence-electron chi connectivity index (χ2n) is 6.25. The van der Waals surface area contributed by atoms with Crippen LogP contribution in [-0.4, -0.2) is 41.4 Å². The average molecular weight is 421 g/mol. The Morgan fingerprint density at radius 2 is 1.93 bits per heavy atom. The van der Waals surface area contributed by atoms with Crippen LogP contribution in [0.25, 0.3) is 0 Å². The summed E-state index contributed by atoms with van der Waals surface area (Å²) in [4.78, 5) is 13.3. The molecule has 1 fully saturated rings. The molecular formula is C18H20ClF3N2O4. The highest BCUT2D eigenvalue weighted by atomic mass is 35.5. The Morgan fingerprint density at radius 1 is 1.32 bits per heavy atom. The van der Waals surface area contributed by atoms with Gasteiger partial charge in [-0.25, -0.2) is 9.78 Å². The molecule has 1 aliphatic rings. The summed E-state index contributed by atoms with van der Waals surface area (Å²) in [5.74, 6) is -1.23. The molecule has 0 bridgehead atoms. The van der Waals surface area contributed by atoms with Crippen molar-refractivity contribution in [3.63, 3.8) is 0 Å². The van der Waals surface area contributed by atoms with Gasteiger partial charge in [0.2, 0.25) is 5.89 Å². The van der Waals surface area contributed by atoms with Crippen LogP contribution < -0.4 is 5.32 Å². The van der Waals surface area contributed by atoms with Crippen LogP contribution in [0.4, 0.5) is 13.2 Å². The van der Waals surface area contributed by atoms with Gasteiger partial charge in [-0.3, -0.25) is 0 Å². The van der Waals surface area contributed by atoms with Crippen molar-refractivity contribution in [3.8, 4) is 0 Å². The SMILES string of the molecule is Cc1nc([C@H]2CN[C@@H](Cc3ccc(Cl)cc3)CO2)oc1C.O=C(O)C(F)(F)F. The van der Waals surface area contributed by atoms with E-state index in [-0.39, 0.29) is 6.10 Å². The molecule has 3 rings (SSSR count). The van der Waals surface area contributed by atoms with E-state index >= 15 is 0 Å². The van der Waals surface area contributed by atoms with Crippen LogP contribution in [0.5, 0.6) is 0 Å². The van der Waals surface area contributed by atoms with E-state index in [2.05, 4.69) is 22.4 Å². The number of oxazole rings is 1. The quantitative estimate of drug-likeness (QED) is 0.784. The van der Waals surface area contributed by atoms with Crippen LogP contribution in [0.3, 0.4) is 0 Å². The van der Waals surface area contributed by atoms with Crippen molar-refractivity contribution >= 4 is 17.6 Å².